The first-order valence-corrected chi connectivity index (χ1v) is 10.5. The molecule has 1 amide bonds. The molecule has 0 unspecified atom stereocenters. The maximum atomic E-state index is 13.9. The van der Waals surface area contributed by atoms with Gasteiger partial charge in [-0.1, -0.05) is 38.1 Å². The van der Waals surface area contributed by atoms with E-state index in [1.807, 2.05) is 5.32 Å². The van der Waals surface area contributed by atoms with Crippen LogP contribution in [-0.2, 0) is 22.6 Å². The van der Waals surface area contributed by atoms with Gasteiger partial charge in [0.1, 0.15) is 12.6 Å². The van der Waals surface area contributed by atoms with E-state index in [1.165, 1.54) is 13.8 Å². The molecule has 39 heavy (non-hydrogen) atoms. The van der Waals surface area contributed by atoms with E-state index in [2.05, 4.69) is 0 Å². The third kappa shape index (κ3) is 6.80. The highest BCUT2D eigenvalue weighted by molar-refractivity contribution is 5.80. The van der Waals surface area contributed by atoms with Crippen LogP contribution in [-0.4, -0.2) is 59.0 Å². The third-order valence-corrected chi connectivity index (χ3v) is 5.33. The maximum Gasteiger partial charge on any atom is 0.460 e. The van der Waals surface area contributed by atoms with Gasteiger partial charge in [0.25, 0.3) is 0 Å². The molecule has 0 aromatic heterocycles. The Morgan fingerprint density at radius 1 is 0.769 bits per heavy atom. The number of aryl methyl sites for hydroxylation is 1. The topological polar surface area (TPSA) is 75.6 Å². The smallest absolute Gasteiger partial charge is 0.460 e. The molecule has 0 saturated carbocycles. The van der Waals surface area contributed by atoms with Crippen LogP contribution in [0.4, 0.5) is 61.9 Å². The predicted octanol–water partition coefficient (Wildman–Crippen LogP) is 6.69. The van der Waals surface area contributed by atoms with Gasteiger partial charge in [-0.15, -0.1) is 0 Å². The second-order valence-electron chi connectivity index (χ2n) is 8.60. The maximum absolute atomic E-state index is 13.9. The SMILES string of the molecule is CC(C)[C@@H](NC(=O)OCc1ccc(CCC(F)(F)C(F)(F)C(F)(F)C(F)(F)C(F)(F)C(F)(F)F)cc1)C(=O)O. The van der Waals surface area contributed by atoms with E-state index in [4.69, 9.17) is 9.84 Å². The lowest BCUT2D eigenvalue weighted by molar-refractivity contribution is -0.440. The number of carboxylic acid groups (broad SMARTS) is 1. The fourth-order valence-corrected chi connectivity index (χ4v) is 2.89. The van der Waals surface area contributed by atoms with Crippen molar-refractivity contribution in [1.82, 2.24) is 5.32 Å². The van der Waals surface area contributed by atoms with E-state index < -0.39 is 79.3 Å². The van der Waals surface area contributed by atoms with Gasteiger partial charge in [0, 0.05) is 6.42 Å². The lowest BCUT2D eigenvalue weighted by Gasteiger charge is -2.39. The van der Waals surface area contributed by atoms with Gasteiger partial charge in [-0.05, 0) is 23.5 Å². The van der Waals surface area contributed by atoms with E-state index >= 15 is 0 Å². The molecule has 0 bridgehead atoms. The number of alkyl halides is 13. The van der Waals surface area contributed by atoms with Crippen LogP contribution in [0.2, 0.25) is 0 Å². The van der Waals surface area contributed by atoms with E-state index in [0.29, 0.717) is 0 Å². The van der Waals surface area contributed by atoms with Gasteiger partial charge in [0.15, 0.2) is 0 Å². The molecule has 0 saturated heterocycles. The average molecular weight is 597 g/mol. The summed E-state index contributed by atoms with van der Waals surface area (Å²) in [5.41, 5.74) is -0.192. The van der Waals surface area contributed by atoms with Crippen molar-refractivity contribution in [3.63, 3.8) is 0 Å². The molecule has 1 aromatic rings. The number of halogens is 13. The van der Waals surface area contributed by atoms with E-state index in [0.717, 1.165) is 24.3 Å². The second-order valence-corrected chi connectivity index (χ2v) is 8.60. The van der Waals surface area contributed by atoms with Crippen LogP contribution in [0.25, 0.3) is 0 Å². The van der Waals surface area contributed by atoms with Crippen molar-refractivity contribution >= 4 is 12.1 Å². The van der Waals surface area contributed by atoms with Crippen molar-refractivity contribution in [2.75, 3.05) is 0 Å². The molecule has 2 N–H and O–H groups in total. The predicted molar refractivity (Wildman–Crippen MR) is 105 cm³/mol. The summed E-state index contributed by atoms with van der Waals surface area (Å²) >= 11 is 0. The highest BCUT2D eigenvalue weighted by Gasteiger charge is 2.90. The standard InChI is InChI=1S/C21H20F13NO4/c1-10(2)13(14(36)37)35-15(38)39-9-12-5-3-11(4-6-12)7-8-16(22,23)17(24,25)18(26,27)19(28,29)20(30,31)21(32,33)34/h3-6,10,13H,7-9H2,1-2H3,(H,35,38)(H,36,37)/t13-/m1/s1. The van der Waals surface area contributed by atoms with Crippen molar-refractivity contribution in [2.24, 2.45) is 5.92 Å². The molecule has 0 spiro atoms. The van der Waals surface area contributed by atoms with Gasteiger partial charge in [-0.3, -0.25) is 0 Å². The zero-order valence-corrected chi connectivity index (χ0v) is 19.7. The average Bonchev–Trinajstić information content (AvgIpc) is 2.78. The van der Waals surface area contributed by atoms with Crippen LogP contribution in [0.15, 0.2) is 24.3 Å². The summed E-state index contributed by atoms with van der Waals surface area (Å²) < 4.78 is 176. The second kappa shape index (κ2) is 11.3. The number of carbonyl (C=O) groups is 2. The number of amides is 1. The summed E-state index contributed by atoms with van der Waals surface area (Å²) in [4.78, 5) is 22.7. The molecule has 0 aliphatic rings. The zero-order chi connectivity index (χ0) is 30.8. The Balaban J connectivity index is 2.93. The molecule has 0 aliphatic carbocycles. The van der Waals surface area contributed by atoms with Gasteiger partial charge in [-0.25, -0.2) is 9.59 Å². The fourth-order valence-electron chi connectivity index (χ4n) is 2.89. The lowest BCUT2D eigenvalue weighted by atomic mass is 9.91. The monoisotopic (exact) mass is 597 g/mol. The molecule has 18 heteroatoms. The first-order valence-electron chi connectivity index (χ1n) is 10.5. The zero-order valence-electron chi connectivity index (χ0n) is 19.7. The summed E-state index contributed by atoms with van der Waals surface area (Å²) in [5.74, 6) is -39.0. The Hall–Kier alpha value is -2.95. The normalized spacial score (nSPS) is 14.8. The summed E-state index contributed by atoms with van der Waals surface area (Å²) in [6, 6.07) is 2.66. The van der Waals surface area contributed by atoms with Crippen molar-refractivity contribution in [3.8, 4) is 0 Å². The summed E-state index contributed by atoms with van der Waals surface area (Å²) in [6.45, 7) is 2.46. The molecular weight excluding hydrogens is 577 g/mol. The first kappa shape index (κ1) is 34.1. The first-order chi connectivity index (χ1) is 17.3. The number of carboxylic acids is 1. The molecule has 0 fully saturated rings. The Morgan fingerprint density at radius 3 is 1.62 bits per heavy atom. The Kier molecular flexibility index (Phi) is 9.85. The number of alkyl carbamates (subject to hydrolysis) is 1. The number of hydrogen-bond acceptors (Lipinski definition) is 3. The van der Waals surface area contributed by atoms with Crippen LogP contribution >= 0.6 is 0 Å². The summed E-state index contributed by atoms with van der Waals surface area (Å²) in [7, 11) is 0. The Morgan fingerprint density at radius 2 is 1.21 bits per heavy atom. The minimum absolute atomic E-state index is 0.128. The summed E-state index contributed by atoms with van der Waals surface area (Å²) in [6.07, 6.45) is -12.2. The minimum atomic E-state index is -7.95. The number of ether oxygens (including phenoxy) is 1. The van der Waals surface area contributed by atoms with Crippen LogP contribution in [0, 0.1) is 5.92 Å². The Labute approximate surface area is 211 Å². The quantitative estimate of drug-likeness (QED) is 0.263. The molecule has 1 rings (SSSR count). The molecule has 5 nitrogen and oxygen atoms in total. The number of hydrogen-bond donors (Lipinski definition) is 2. The van der Waals surface area contributed by atoms with Crippen LogP contribution in [0.1, 0.15) is 31.4 Å². The van der Waals surface area contributed by atoms with Gasteiger partial charge in [0.05, 0.1) is 0 Å². The van der Waals surface area contributed by atoms with Crippen molar-refractivity contribution < 1.29 is 76.5 Å². The molecule has 0 aliphatic heterocycles. The number of aliphatic carboxylic acids is 1. The van der Waals surface area contributed by atoms with Crippen LogP contribution in [0.5, 0.6) is 0 Å². The largest absolute Gasteiger partial charge is 0.480 e. The van der Waals surface area contributed by atoms with E-state index in [-0.39, 0.29) is 11.1 Å². The van der Waals surface area contributed by atoms with Crippen LogP contribution in [0.3, 0.4) is 0 Å². The van der Waals surface area contributed by atoms with Crippen LogP contribution < -0.4 is 5.32 Å². The van der Waals surface area contributed by atoms with Gasteiger partial charge < -0.3 is 15.2 Å². The Bertz CT molecular complexity index is 1010. The lowest BCUT2D eigenvalue weighted by Crippen LogP contribution is -2.70. The fraction of sp³-hybridized carbons (Fsp3) is 0.619. The number of rotatable bonds is 12. The minimum Gasteiger partial charge on any atom is -0.480 e. The summed E-state index contributed by atoms with van der Waals surface area (Å²) in [5, 5.41) is 11.0. The molecular formula is C21H20F13NO4. The van der Waals surface area contributed by atoms with E-state index in [1.54, 1.807) is 0 Å². The van der Waals surface area contributed by atoms with Crippen molar-refractivity contribution in [3.05, 3.63) is 35.4 Å². The number of benzene rings is 1. The third-order valence-electron chi connectivity index (χ3n) is 5.33. The molecule has 224 valence electrons. The van der Waals surface area contributed by atoms with Crippen molar-refractivity contribution in [1.29, 1.82) is 0 Å². The highest BCUT2D eigenvalue weighted by atomic mass is 19.4. The van der Waals surface area contributed by atoms with Gasteiger partial charge in [-0.2, -0.15) is 57.1 Å². The highest BCUT2D eigenvalue weighted by Crippen LogP contribution is 2.60. The number of nitrogens with one attached hydrogen (secondary N) is 1. The van der Waals surface area contributed by atoms with Crippen molar-refractivity contribution in [2.45, 2.75) is 75.1 Å². The molecule has 0 radical (unpaired) electrons. The molecule has 1 atom stereocenters. The number of carbonyl (C=O) groups excluding carboxylic acids is 1. The van der Waals surface area contributed by atoms with Gasteiger partial charge >= 0.3 is 47.9 Å². The van der Waals surface area contributed by atoms with E-state index in [9.17, 15) is 66.7 Å². The molecule has 0 heterocycles. The molecule has 1 aromatic carbocycles. The van der Waals surface area contributed by atoms with Gasteiger partial charge in [0.2, 0.25) is 0 Å².